The van der Waals surface area contributed by atoms with Crippen LogP contribution in [0.15, 0.2) is 24.3 Å². The highest BCUT2D eigenvalue weighted by atomic mass is 15.2. The Morgan fingerprint density at radius 2 is 2.24 bits per heavy atom. The second kappa shape index (κ2) is 4.30. The summed E-state index contributed by atoms with van der Waals surface area (Å²) in [5, 5.41) is 7.31. The van der Waals surface area contributed by atoms with Crippen molar-refractivity contribution in [1.29, 1.82) is 0 Å². The van der Waals surface area contributed by atoms with Crippen LogP contribution in [0.4, 0.5) is 0 Å². The number of nitrogens with zero attached hydrogens (tertiary/aromatic N) is 2. The molecule has 3 rings (SSSR count). The van der Waals surface area contributed by atoms with Gasteiger partial charge in [0, 0.05) is 11.5 Å². The van der Waals surface area contributed by atoms with Crippen molar-refractivity contribution < 1.29 is 0 Å². The van der Waals surface area contributed by atoms with E-state index in [4.69, 9.17) is 5.73 Å². The number of nitrogens with two attached hydrogens (primary N) is 1. The van der Waals surface area contributed by atoms with Crippen LogP contribution in [-0.2, 0) is 6.42 Å². The van der Waals surface area contributed by atoms with E-state index < -0.39 is 0 Å². The minimum absolute atomic E-state index is 0.614. The summed E-state index contributed by atoms with van der Waals surface area (Å²) in [6.07, 6.45) is 3.37. The lowest BCUT2D eigenvalue weighted by Gasteiger charge is -2.00. The van der Waals surface area contributed by atoms with Gasteiger partial charge in [0.05, 0.1) is 0 Å². The first kappa shape index (κ1) is 10.5. The molecule has 3 N–H and O–H groups in total. The SMILES string of the molecule is NCCc1cccc(-c2n[nH]c(C3CC3)n2)c1. The van der Waals surface area contributed by atoms with E-state index in [1.165, 1.54) is 18.4 Å². The molecule has 1 aliphatic carbocycles. The molecule has 0 bridgehead atoms. The molecule has 88 valence electrons. The van der Waals surface area contributed by atoms with Gasteiger partial charge >= 0.3 is 0 Å². The van der Waals surface area contributed by atoms with Crippen molar-refractivity contribution in [3.63, 3.8) is 0 Å². The summed E-state index contributed by atoms with van der Waals surface area (Å²) < 4.78 is 0. The van der Waals surface area contributed by atoms with Gasteiger partial charge < -0.3 is 5.73 Å². The lowest BCUT2D eigenvalue weighted by molar-refractivity contribution is 0.935. The highest BCUT2D eigenvalue weighted by Gasteiger charge is 2.27. The van der Waals surface area contributed by atoms with Gasteiger partial charge in [-0.15, -0.1) is 0 Å². The summed E-state index contributed by atoms with van der Waals surface area (Å²) in [6, 6.07) is 8.28. The molecular formula is C13H16N4. The Kier molecular flexibility index (Phi) is 2.65. The summed E-state index contributed by atoms with van der Waals surface area (Å²) >= 11 is 0. The normalized spacial score (nSPS) is 15.1. The molecule has 2 aromatic rings. The third kappa shape index (κ3) is 2.22. The first-order chi connectivity index (χ1) is 8.36. The van der Waals surface area contributed by atoms with Crippen LogP contribution in [0, 0.1) is 0 Å². The van der Waals surface area contributed by atoms with Crippen LogP contribution in [0.1, 0.15) is 30.1 Å². The second-order valence-electron chi connectivity index (χ2n) is 4.56. The van der Waals surface area contributed by atoms with Crippen LogP contribution in [0.5, 0.6) is 0 Å². The number of rotatable bonds is 4. The molecule has 1 aliphatic rings. The molecule has 1 aromatic carbocycles. The zero-order valence-electron chi connectivity index (χ0n) is 9.69. The van der Waals surface area contributed by atoms with Gasteiger partial charge in [-0.1, -0.05) is 18.2 Å². The zero-order valence-corrected chi connectivity index (χ0v) is 9.69. The Morgan fingerprint density at radius 1 is 1.35 bits per heavy atom. The molecule has 0 spiro atoms. The Morgan fingerprint density at radius 3 is 3.00 bits per heavy atom. The third-order valence-electron chi connectivity index (χ3n) is 3.08. The molecule has 4 nitrogen and oxygen atoms in total. The smallest absolute Gasteiger partial charge is 0.181 e. The maximum atomic E-state index is 5.56. The molecule has 0 unspecified atom stereocenters. The Bertz CT molecular complexity index is 514. The van der Waals surface area contributed by atoms with E-state index in [-0.39, 0.29) is 0 Å². The van der Waals surface area contributed by atoms with Gasteiger partial charge in [-0.25, -0.2) is 4.98 Å². The van der Waals surface area contributed by atoms with E-state index in [2.05, 4.69) is 27.3 Å². The molecule has 0 saturated heterocycles. The molecule has 1 heterocycles. The van der Waals surface area contributed by atoms with E-state index in [1.54, 1.807) is 0 Å². The van der Waals surface area contributed by atoms with Gasteiger partial charge in [0.25, 0.3) is 0 Å². The van der Waals surface area contributed by atoms with Gasteiger partial charge in [0.1, 0.15) is 5.82 Å². The lowest BCUT2D eigenvalue weighted by Crippen LogP contribution is -2.02. The molecule has 0 radical (unpaired) electrons. The minimum atomic E-state index is 0.614. The highest BCUT2D eigenvalue weighted by Crippen LogP contribution is 2.38. The highest BCUT2D eigenvalue weighted by molar-refractivity contribution is 5.55. The number of H-pyrrole nitrogens is 1. The topological polar surface area (TPSA) is 67.6 Å². The molecular weight excluding hydrogens is 212 g/mol. The van der Waals surface area contributed by atoms with Gasteiger partial charge in [0.15, 0.2) is 5.82 Å². The van der Waals surface area contributed by atoms with Gasteiger partial charge in [0.2, 0.25) is 0 Å². The first-order valence-electron chi connectivity index (χ1n) is 6.08. The van der Waals surface area contributed by atoms with Crippen molar-refractivity contribution in [2.24, 2.45) is 5.73 Å². The maximum Gasteiger partial charge on any atom is 0.181 e. The third-order valence-corrected chi connectivity index (χ3v) is 3.08. The molecule has 1 saturated carbocycles. The number of nitrogens with one attached hydrogen (secondary N) is 1. The molecule has 0 aliphatic heterocycles. The average Bonchev–Trinajstić information content (AvgIpc) is 3.08. The molecule has 17 heavy (non-hydrogen) atoms. The fourth-order valence-corrected chi connectivity index (χ4v) is 1.98. The Hall–Kier alpha value is -1.68. The van der Waals surface area contributed by atoms with Crippen LogP contribution >= 0.6 is 0 Å². The Labute approximate surface area is 100 Å². The van der Waals surface area contributed by atoms with E-state index in [1.807, 2.05) is 12.1 Å². The number of benzene rings is 1. The molecule has 0 amide bonds. The summed E-state index contributed by atoms with van der Waals surface area (Å²) in [5.74, 6) is 2.44. The Balaban J connectivity index is 1.88. The van der Waals surface area contributed by atoms with E-state index in [0.717, 1.165) is 23.6 Å². The number of hydrogen-bond acceptors (Lipinski definition) is 3. The summed E-state index contributed by atoms with van der Waals surface area (Å²) in [7, 11) is 0. The van der Waals surface area contributed by atoms with Crippen molar-refractivity contribution in [2.45, 2.75) is 25.2 Å². The minimum Gasteiger partial charge on any atom is -0.330 e. The molecule has 1 aromatic heterocycles. The van der Waals surface area contributed by atoms with Gasteiger partial charge in [-0.3, -0.25) is 5.10 Å². The fourth-order valence-electron chi connectivity index (χ4n) is 1.98. The van der Waals surface area contributed by atoms with E-state index >= 15 is 0 Å². The van der Waals surface area contributed by atoms with Crippen LogP contribution in [0.2, 0.25) is 0 Å². The number of aromatic amines is 1. The van der Waals surface area contributed by atoms with Crippen LogP contribution < -0.4 is 5.73 Å². The predicted octanol–water partition coefficient (Wildman–Crippen LogP) is 1.85. The second-order valence-corrected chi connectivity index (χ2v) is 4.56. The average molecular weight is 228 g/mol. The number of hydrogen-bond donors (Lipinski definition) is 2. The fraction of sp³-hybridized carbons (Fsp3) is 0.385. The molecule has 1 fully saturated rings. The van der Waals surface area contributed by atoms with E-state index in [9.17, 15) is 0 Å². The van der Waals surface area contributed by atoms with Gasteiger partial charge in [-0.05, 0) is 37.4 Å². The molecule has 0 atom stereocenters. The van der Waals surface area contributed by atoms with Crippen molar-refractivity contribution in [3.8, 4) is 11.4 Å². The zero-order chi connectivity index (χ0) is 11.7. The van der Waals surface area contributed by atoms with Crippen molar-refractivity contribution in [3.05, 3.63) is 35.7 Å². The summed E-state index contributed by atoms with van der Waals surface area (Å²) in [5.41, 5.74) is 7.87. The predicted molar refractivity (Wildman–Crippen MR) is 66.6 cm³/mol. The van der Waals surface area contributed by atoms with Crippen molar-refractivity contribution in [1.82, 2.24) is 15.2 Å². The summed E-state index contributed by atoms with van der Waals surface area (Å²) in [4.78, 5) is 4.55. The quantitative estimate of drug-likeness (QED) is 0.839. The maximum absolute atomic E-state index is 5.56. The first-order valence-corrected chi connectivity index (χ1v) is 6.08. The summed E-state index contributed by atoms with van der Waals surface area (Å²) in [6.45, 7) is 0.671. The monoisotopic (exact) mass is 228 g/mol. The largest absolute Gasteiger partial charge is 0.330 e. The van der Waals surface area contributed by atoms with Crippen LogP contribution in [0.25, 0.3) is 11.4 Å². The van der Waals surface area contributed by atoms with Crippen LogP contribution in [0.3, 0.4) is 0 Å². The van der Waals surface area contributed by atoms with Crippen molar-refractivity contribution >= 4 is 0 Å². The van der Waals surface area contributed by atoms with Crippen LogP contribution in [-0.4, -0.2) is 21.7 Å². The number of aromatic nitrogens is 3. The van der Waals surface area contributed by atoms with Crippen molar-refractivity contribution in [2.75, 3.05) is 6.54 Å². The van der Waals surface area contributed by atoms with Gasteiger partial charge in [-0.2, -0.15) is 5.10 Å². The molecule has 4 heteroatoms. The lowest BCUT2D eigenvalue weighted by atomic mass is 10.1. The van der Waals surface area contributed by atoms with E-state index in [0.29, 0.717) is 12.5 Å². The standard InChI is InChI=1S/C13H16N4/c14-7-6-9-2-1-3-11(8-9)13-15-12(16-17-13)10-4-5-10/h1-3,8,10H,4-7,14H2,(H,15,16,17).